The molecule has 0 N–H and O–H groups in total. The highest BCUT2D eigenvalue weighted by atomic mass is 16.5. The third-order valence-corrected chi connectivity index (χ3v) is 5.50. The number of rotatable bonds is 10. The molecule has 0 radical (unpaired) electrons. The predicted octanol–water partition coefficient (Wildman–Crippen LogP) is 4.36. The van der Waals surface area contributed by atoms with E-state index in [0.29, 0.717) is 6.04 Å². The van der Waals surface area contributed by atoms with E-state index in [0.717, 1.165) is 37.7 Å². The molecule has 0 spiro atoms. The molecule has 0 bridgehead atoms. The summed E-state index contributed by atoms with van der Waals surface area (Å²) < 4.78 is 11.5. The zero-order valence-corrected chi connectivity index (χ0v) is 18.3. The number of nitrogens with zero attached hydrogens (tertiary/aromatic N) is 3. The lowest BCUT2D eigenvalue weighted by molar-refractivity contribution is 0.165. The van der Waals surface area contributed by atoms with E-state index in [4.69, 9.17) is 9.47 Å². The molecule has 1 fully saturated rings. The molecule has 0 unspecified atom stereocenters. The zero-order chi connectivity index (χ0) is 20.6. The Morgan fingerprint density at radius 1 is 1.17 bits per heavy atom. The molecule has 0 amide bonds. The molecule has 1 aromatic heterocycles. The van der Waals surface area contributed by atoms with Crippen molar-refractivity contribution in [1.82, 2.24) is 14.8 Å². The Balaban J connectivity index is 1.76. The van der Waals surface area contributed by atoms with Gasteiger partial charge in [-0.3, -0.25) is 14.8 Å². The number of hydrogen-bond acceptors (Lipinski definition) is 5. The van der Waals surface area contributed by atoms with Crippen LogP contribution >= 0.6 is 0 Å². The van der Waals surface area contributed by atoms with Crippen molar-refractivity contribution >= 4 is 0 Å². The molecule has 1 aromatic carbocycles. The largest absolute Gasteiger partial charge is 0.493 e. The second-order valence-corrected chi connectivity index (χ2v) is 8.11. The number of ether oxygens (including phenoxy) is 2. The quantitative estimate of drug-likeness (QED) is 0.595. The first kappa shape index (κ1) is 21.6. The standard InChI is InChI=1S/C24H35N3O2/c1-5-27-13-7-9-22(27)18-26(17-21-8-6-12-25-15-21)16-20-10-11-23(29-19(2)3)24(14-20)28-4/h6,8,10-12,14-15,19,22H,5,7,9,13,16-18H2,1-4H3/t22-/m0/s1. The second kappa shape index (κ2) is 10.6. The van der Waals surface area contributed by atoms with Crippen molar-refractivity contribution < 1.29 is 9.47 Å². The summed E-state index contributed by atoms with van der Waals surface area (Å²) in [5, 5.41) is 0. The maximum Gasteiger partial charge on any atom is 0.161 e. The van der Waals surface area contributed by atoms with Crippen LogP contribution in [0.2, 0.25) is 0 Å². The van der Waals surface area contributed by atoms with Crippen molar-refractivity contribution in [3.63, 3.8) is 0 Å². The first-order valence-electron chi connectivity index (χ1n) is 10.8. The minimum atomic E-state index is 0.124. The fourth-order valence-corrected chi connectivity index (χ4v) is 4.17. The van der Waals surface area contributed by atoms with Gasteiger partial charge in [0.15, 0.2) is 11.5 Å². The number of pyridine rings is 1. The number of aromatic nitrogens is 1. The van der Waals surface area contributed by atoms with E-state index in [-0.39, 0.29) is 6.10 Å². The zero-order valence-electron chi connectivity index (χ0n) is 18.3. The highest BCUT2D eigenvalue weighted by Gasteiger charge is 2.25. The minimum absolute atomic E-state index is 0.124. The van der Waals surface area contributed by atoms with Gasteiger partial charge in [0, 0.05) is 38.1 Å². The maximum absolute atomic E-state index is 5.87. The van der Waals surface area contributed by atoms with Gasteiger partial charge in [0.05, 0.1) is 13.2 Å². The lowest BCUT2D eigenvalue weighted by atomic mass is 10.1. The van der Waals surface area contributed by atoms with Crippen LogP contribution in [0.25, 0.3) is 0 Å². The molecule has 158 valence electrons. The molecule has 2 aromatic rings. The molecule has 5 heteroatoms. The first-order valence-corrected chi connectivity index (χ1v) is 10.8. The van der Waals surface area contributed by atoms with Crippen LogP contribution in [0.4, 0.5) is 0 Å². The van der Waals surface area contributed by atoms with Crippen LogP contribution in [0.3, 0.4) is 0 Å². The van der Waals surface area contributed by atoms with Gasteiger partial charge in [-0.1, -0.05) is 19.1 Å². The average Bonchev–Trinajstić information content (AvgIpc) is 3.16. The molecular formula is C24H35N3O2. The van der Waals surface area contributed by atoms with Crippen molar-refractivity contribution in [3.8, 4) is 11.5 Å². The van der Waals surface area contributed by atoms with E-state index in [1.165, 1.54) is 30.5 Å². The summed E-state index contributed by atoms with van der Waals surface area (Å²) in [7, 11) is 1.71. The summed E-state index contributed by atoms with van der Waals surface area (Å²) in [6.07, 6.45) is 6.51. The molecule has 1 aliphatic rings. The van der Waals surface area contributed by atoms with Crippen LogP contribution in [0.15, 0.2) is 42.7 Å². The summed E-state index contributed by atoms with van der Waals surface area (Å²) in [6, 6.07) is 11.1. The molecule has 3 rings (SSSR count). The van der Waals surface area contributed by atoms with E-state index < -0.39 is 0 Å². The van der Waals surface area contributed by atoms with Gasteiger partial charge in [0.1, 0.15) is 0 Å². The van der Waals surface area contributed by atoms with E-state index in [1.54, 1.807) is 7.11 Å². The predicted molar refractivity (Wildman–Crippen MR) is 117 cm³/mol. The van der Waals surface area contributed by atoms with Gasteiger partial charge in [0.25, 0.3) is 0 Å². The van der Waals surface area contributed by atoms with E-state index in [2.05, 4.69) is 39.9 Å². The van der Waals surface area contributed by atoms with Gasteiger partial charge in [-0.25, -0.2) is 0 Å². The van der Waals surface area contributed by atoms with Gasteiger partial charge in [-0.15, -0.1) is 0 Å². The van der Waals surface area contributed by atoms with Gasteiger partial charge in [0.2, 0.25) is 0 Å². The molecule has 1 atom stereocenters. The Morgan fingerprint density at radius 2 is 2.00 bits per heavy atom. The van der Waals surface area contributed by atoms with Crippen LogP contribution in [0.1, 0.15) is 44.7 Å². The first-order chi connectivity index (χ1) is 14.1. The maximum atomic E-state index is 5.87. The smallest absolute Gasteiger partial charge is 0.161 e. The topological polar surface area (TPSA) is 37.8 Å². The Hall–Kier alpha value is -2.11. The summed E-state index contributed by atoms with van der Waals surface area (Å²) in [4.78, 5) is 9.44. The van der Waals surface area contributed by atoms with Crippen molar-refractivity contribution in [2.75, 3.05) is 26.7 Å². The fraction of sp³-hybridized carbons (Fsp3) is 0.542. The summed E-state index contributed by atoms with van der Waals surface area (Å²) in [5.74, 6) is 1.60. The normalized spacial score (nSPS) is 17.2. The van der Waals surface area contributed by atoms with Crippen LogP contribution in [-0.2, 0) is 13.1 Å². The number of likely N-dealkylation sites (N-methyl/N-ethyl adjacent to an activating group) is 1. The van der Waals surface area contributed by atoms with Crippen molar-refractivity contribution in [1.29, 1.82) is 0 Å². The highest BCUT2D eigenvalue weighted by molar-refractivity contribution is 5.43. The third-order valence-electron chi connectivity index (χ3n) is 5.50. The molecule has 1 aliphatic heterocycles. The molecule has 2 heterocycles. The van der Waals surface area contributed by atoms with Gasteiger partial charge in [-0.05, 0) is 69.1 Å². The summed E-state index contributed by atoms with van der Waals surface area (Å²) in [5.41, 5.74) is 2.49. The average molecular weight is 398 g/mol. The van der Waals surface area contributed by atoms with Crippen molar-refractivity contribution in [3.05, 3.63) is 53.9 Å². The number of methoxy groups -OCH3 is 1. The Bertz CT molecular complexity index is 751. The minimum Gasteiger partial charge on any atom is -0.493 e. The highest BCUT2D eigenvalue weighted by Crippen LogP contribution is 2.30. The van der Waals surface area contributed by atoms with Crippen LogP contribution in [0, 0.1) is 0 Å². The Kier molecular flexibility index (Phi) is 7.90. The molecule has 29 heavy (non-hydrogen) atoms. The monoisotopic (exact) mass is 397 g/mol. The Labute approximate surface area is 175 Å². The van der Waals surface area contributed by atoms with Crippen LogP contribution in [-0.4, -0.2) is 53.7 Å². The van der Waals surface area contributed by atoms with Crippen LogP contribution < -0.4 is 9.47 Å². The second-order valence-electron chi connectivity index (χ2n) is 8.11. The summed E-state index contributed by atoms with van der Waals surface area (Å²) >= 11 is 0. The molecular weight excluding hydrogens is 362 g/mol. The van der Waals surface area contributed by atoms with Crippen LogP contribution in [0.5, 0.6) is 11.5 Å². The lowest BCUT2D eigenvalue weighted by Gasteiger charge is -2.30. The van der Waals surface area contributed by atoms with Gasteiger partial charge in [-0.2, -0.15) is 0 Å². The molecule has 0 aliphatic carbocycles. The van der Waals surface area contributed by atoms with Crippen molar-refractivity contribution in [2.45, 2.75) is 58.8 Å². The molecule has 1 saturated heterocycles. The lowest BCUT2D eigenvalue weighted by Crippen LogP contribution is -2.39. The SMILES string of the molecule is CCN1CCC[C@H]1CN(Cc1cccnc1)Cc1ccc(OC(C)C)c(OC)c1. The molecule has 5 nitrogen and oxygen atoms in total. The van der Waals surface area contributed by atoms with E-state index in [1.807, 2.05) is 38.4 Å². The fourth-order valence-electron chi connectivity index (χ4n) is 4.17. The molecule has 0 saturated carbocycles. The van der Waals surface area contributed by atoms with E-state index in [9.17, 15) is 0 Å². The van der Waals surface area contributed by atoms with Crippen molar-refractivity contribution in [2.24, 2.45) is 0 Å². The third kappa shape index (κ3) is 6.18. The summed E-state index contributed by atoms with van der Waals surface area (Å²) in [6.45, 7) is 11.5. The Morgan fingerprint density at radius 3 is 2.69 bits per heavy atom. The number of benzene rings is 1. The van der Waals surface area contributed by atoms with E-state index >= 15 is 0 Å². The van der Waals surface area contributed by atoms with Gasteiger partial charge >= 0.3 is 0 Å². The van der Waals surface area contributed by atoms with Gasteiger partial charge < -0.3 is 9.47 Å². The number of hydrogen-bond donors (Lipinski definition) is 0. The number of likely N-dealkylation sites (tertiary alicyclic amines) is 1.